The lowest BCUT2D eigenvalue weighted by Gasteiger charge is -2.11. The van der Waals surface area contributed by atoms with Crippen molar-refractivity contribution in [2.24, 2.45) is 7.05 Å². The monoisotopic (exact) mass is 329 g/mol. The van der Waals surface area contributed by atoms with Crippen molar-refractivity contribution < 1.29 is 18.8 Å². The summed E-state index contributed by atoms with van der Waals surface area (Å²) in [6, 6.07) is 10.1. The van der Waals surface area contributed by atoms with Crippen molar-refractivity contribution in [2.75, 3.05) is 6.61 Å². The molecular weight excluding hydrogens is 307 g/mol. The second kappa shape index (κ2) is 6.61. The van der Waals surface area contributed by atoms with Crippen molar-refractivity contribution in [1.29, 1.82) is 0 Å². The predicted molar refractivity (Wildman–Crippen MR) is 90.5 cm³/mol. The zero-order valence-electron chi connectivity index (χ0n) is 14.2. The van der Waals surface area contributed by atoms with E-state index in [1.54, 1.807) is 12.1 Å². The molecule has 0 saturated heterocycles. The number of aromatic nitrogens is 2. The molecule has 0 bridgehead atoms. The molecule has 3 rings (SSSR count). The van der Waals surface area contributed by atoms with Crippen LogP contribution < -0.4 is 9.30 Å². The van der Waals surface area contributed by atoms with Crippen LogP contribution in [0.1, 0.15) is 11.1 Å². The maximum absolute atomic E-state index is 12.9. The molecule has 0 unspecified atom stereocenters. The predicted octanol–water partition coefficient (Wildman–Crippen LogP) is 2.66. The molecule has 0 spiro atoms. The number of aryl methyl sites for hydroxylation is 3. The van der Waals surface area contributed by atoms with E-state index in [1.807, 2.05) is 17.9 Å². The van der Waals surface area contributed by atoms with Gasteiger partial charge in [-0.2, -0.15) is 0 Å². The third-order valence-electron chi connectivity index (χ3n) is 4.26. The van der Waals surface area contributed by atoms with Crippen molar-refractivity contribution in [3.05, 3.63) is 59.7 Å². The maximum Gasteiger partial charge on any atom is 0.244 e. The van der Waals surface area contributed by atoms with Gasteiger partial charge < -0.3 is 9.84 Å². The molecule has 4 nitrogen and oxygen atoms in total. The van der Waals surface area contributed by atoms with Gasteiger partial charge in [-0.3, -0.25) is 0 Å². The molecular formula is C19H22FN2O2+. The minimum Gasteiger partial charge on any atom is -0.491 e. The molecule has 0 saturated carbocycles. The van der Waals surface area contributed by atoms with E-state index in [1.165, 1.54) is 23.3 Å². The van der Waals surface area contributed by atoms with Gasteiger partial charge in [0.05, 0.1) is 7.05 Å². The van der Waals surface area contributed by atoms with E-state index in [4.69, 9.17) is 4.74 Å². The molecule has 0 amide bonds. The quantitative estimate of drug-likeness (QED) is 0.731. The first kappa shape index (κ1) is 16.5. The van der Waals surface area contributed by atoms with Gasteiger partial charge in [-0.1, -0.05) is 0 Å². The number of aliphatic hydroxyl groups is 1. The van der Waals surface area contributed by atoms with Crippen LogP contribution >= 0.6 is 0 Å². The number of nitrogens with zero attached hydrogens (tertiary/aromatic N) is 2. The second-order valence-electron chi connectivity index (χ2n) is 6.22. The lowest BCUT2D eigenvalue weighted by atomic mass is 10.1. The van der Waals surface area contributed by atoms with Crippen LogP contribution in [0.2, 0.25) is 0 Å². The lowest BCUT2D eigenvalue weighted by Crippen LogP contribution is -2.27. The van der Waals surface area contributed by atoms with Gasteiger partial charge >= 0.3 is 0 Å². The first-order valence-corrected chi connectivity index (χ1v) is 7.96. The number of aliphatic hydroxyl groups excluding tert-OH is 1. The molecule has 0 aliphatic rings. The highest BCUT2D eigenvalue weighted by Gasteiger charge is 2.18. The molecule has 126 valence electrons. The molecule has 5 heteroatoms. The fourth-order valence-electron chi connectivity index (χ4n) is 2.78. The van der Waals surface area contributed by atoms with Gasteiger partial charge in [0.25, 0.3) is 0 Å². The van der Waals surface area contributed by atoms with Gasteiger partial charge in [-0.05, 0) is 61.4 Å². The van der Waals surface area contributed by atoms with E-state index in [9.17, 15) is 9.50 Å². The summed E-state index contributed by atoms with van der Waals surface area (Å²) in [7, 11) is 2.00. The highest BCUT2D eigenvalue weighted by Crippen LogP contribution is 2.18. The average Bonchev–Trinajstić information content (AvgIpc) is 2.83. The Hall–Kier alpha value is -2.40. The van der Waals surface area contributed by atoms with Crippen molar-refractivity contribution in [3.8, 4) is 5.75 Å². The van der Waals surface area contributed by atoms with E-state index in [-0.39, 0.29) is 12.4 Å². The van der Waals surface area contributed by atoms with Gasteiger partial charge in [-0.25, -0.2) is 13.5 Å². The molecule has 0 aliphatic carbocycles. The Balaban J connectivity index is 1.72. The number of imidazole rings is 1. The minimum absolute atomic E-state index is 0.153. The molecule has 0 radical (unpaired) electrons. The fraction of sp³-hybridized carbons (Fsp3) is 0.316. The van der Waals surface area contributed by atoms with E-state index in [0.717, 1.165) is 11.0 Å². The minimum atomic E-state index is -0.660. The number of rotatable bonds is 5. The zero-order valence-corrected chi connectivity index (χ0v) is 14.2. The SMILES string of the molecule is Cc1cc2c(cc1C)[n+](C)cn2C[C@@H](O)COc1ccc(F)cc1. The van der Waals surface area contributed by atoms with Crippen molar-refractivity contribution in [1.82, 2.24) is 4.57 Å². The average molecular weight is 329 g/mol. The highest BCUT2D eigenvalue weighted by molar-refractivity contribution is 5.74. The molecule has 2 aromatic carbocycles. The molecule has 24 heavy (non-hydrogen) atoms. The third-order valence-corrected chi connectivity index (χ3v) is 4.26. The Morgan fingerprint density at radius 2 is 1.83 bits per heavy atom. The second-order valence-corrected chi connectivity index (χ2v) is 6.22. The van der Waals surface area contributed by atoms with Gasteiger partial charge in [0.2, 0.25) is 6.33 Å². The van der Waals surface area contributed by atoms with Crippen LogP contribution in [0.3, 0.4) is 0 Å². The number of ether oxygens (including phenoxy) is 1. The molecule has 1 atom stereocenters. The van der Waals surface area contributed by atoms with E-state index < -0.39 is 6.10 Å². The summed E-state index contributed by atoms with van der Waals surface area (Å²) >= 11 is 0. The Kier molecular flexibility index (Phi) is 4.53. The van der Waals surface area contributed by atoms with Crippen LogP contribution in [0.15, 0.2) is 42.7 Å². The van der Waals surface area contributed by atoms with Gasteiger partial charge in [0.15, 0.2) is 11.0 Å². The third kappa shape index (κ3) is 3.41. The van der Waals surface area contributed by atoms with Crippen molar-refractivity contribution in [3.63, 3.8) is 0 Å². The number of halogens is 1. The smallest absolute Gasteiger partial charge is 0.244 e. The van der Waals surface area contributed by atoms with E-state index >= 15 is 0 Å². The Morgan fingerprint density at radius 1 is 1.17 bits per heavy atom. The van der Waals surface area contributed by atoms with Crippen LogP contribution in [0.25, 0.3) is 11.0 Å². The molecule has 1 aromatic heterocycles. The van der Waals surface area contributed by atoms with Crippen molar-refractivity contribution >= 4 is 11.0 Å². The number of fused-ring (bicyclic) bond motifs is 1. The first-order chi connectivity index (χ1) is 11.4. The van der Waals surface area contributed by atoms with Gasteiger partial charge in [0, 0.05) is 0 Å². The maximum atomic E-state index is 12.9. The largest absolute Gasteiger partial charge is 0.491 e. The first-order valence-electron chi connectivity index (χ1n) is 7.96. The molecule has 0 fully saturated rings. The number of hydrogen-bond acceptors (Lipinski definition) is 2. The Labute approximate surface area is 140 Å². The summed E-state index contributed by atoms with van der Waals surface area (Å²) in [5.74, 6) is 0.240. The zero-order chi connectivity index (χ0) is 17.3. The summed E-state index contributed by atoms with van der Waals surface area (Å²) in [4.78, 5) is 0. The van der Waals surface area contributed by atoms with Crippen LogP contribution in [0.5, 0.6) is 5.75 Å². The summed E-state index contributed by atoms with van der Waals surface area (Å²) in [5, 5.41) is 10.3. The van der Waals surface area contributed by atoms with Crippen LogP contribution in [0.4, 0.5) is 4.39 Å². The topological polar surface area (TPSA) is 38.3 Å². The van der Waals surface area contributed by atoms with Crippen molar-refractivity contribution in [2.45, 2.75) is 26.5 Å². The van der Waals surface area contributed by atoms with Crippen LogP contribution in [-0.4, -0.2) is 22.4 Å². The summed E-state index contributed by atoms with van der Waals surface area (Å²) in [6.07, 6.45) is 1.32. The normalized spacial score (nSPS) is 12.5. The Morgan fingerprint density at radius 3 is 2.54 bits per heavy atom. The van der Waals surface area contributed by atoms with Crippen LogP contribution in [0, 0.1) is 19.7 Å². The Bertz CT molecular complexity index is 856. The standard InChI is InChI=1S/C19H22FN2O2/c1-13-8-18-19(9-14(13)2)22(12-21(18)3)10-16(23)11-24-17-6-4-15(20)5-7-17/h4-9,12,16,23H,10-11H2,1-3H3/q+1/t16-/m1/s1. The highest BCUT2D eigenvalue weighted by atomic mass is 19.1. The van der Waals surface area contributed by atoms with Gasteiger partial charge in [-0.15, -0.1) is 0 Å². The summed E-state index contributed by atoms with van der Waals surface area (Å²) in [6.45, 7) is 4.76. The number of hydrogen-bond donors (Lipinski definition) is 1. The molecule has 1 heterocycles. The molecule has 1 N–H and O–H groups in total. The summed E-state index contributed by atoms with van der Waals surface area (Å²) in [5.41, 5.74) is 4.68. The molecule has 0 aliphatic heterocycles. The van der Waals surface area contributed by atoms with Crippen LogP contribution in [-0.2, 0) is 13.6 Å². The fourth-order valence-corrected chi connectivity index (χ4v) is 2.78. The van der Waals surface area contributed by atoms with E-state index in [2.05, 4.69) is 30.5 Å². The van der Waals surface area contributed by atoms with Gasteiger partial charge in [0.1, 0.15) is 30.8 Å². The van der Waals surface area contributed by atoms with E-state index in [0.29, 0.717) is 12.3 Å². The lowest BCUT2D eigenvalue weighted by molar-refractivity contribution is -0.645. The molecule has 3 aromatic rings. The number of benzene rings is 2. The summed E-state index contributed by atoms with van der Waals surface area (Å²) < 4.78 is 22.5.